The van der Waals surface area contributed by atoms with Gasteiger partial charge in [-0.25, -0.2) is 0 Å². The van der Waals surface area contributed by atoms with Crippen LogP contribution in [0.25, 0.3) is 0 Å². The number of halogens is 3. The lowest BCUT2D eigenvalue weighted by atomic mass is 10.0. The molecule has 112 valence electrons. The van der Waals surface area contributed by atoms with Gasteiger partial charge in [-0.15, -0.1) is 0 Å². The van der Waals surface area contributed by atoms with Crippen LogP contribution in [0.3, 0.4) is 0 Å². The maximum absolute atomic E-state index is 12.8. The van der Waals surface area contributed by atoms with Crippen molar-refractivity contribution in [2.75, 3.05) is 6.61 Å². The highest BCUT2D eigenvalue weighted by Crippen LogP contribution is 2.34. The molecule has 20 heavy (non-hydrogen) atoms. The molecule has 0 amide bonds. The topological polar surface area (TPSA) is 21.8 Å². The molecule has 5 heteroatoms. The Kier molecular flexibility index (Phi) is 4.58. The smallest absolute Gasteiger partial charge is 0.416 e. The molecule has 2 unspecified atom stereocenters. The van der Waals surface area contributed by atoms with Crippen LogP contribution in [0.15, 0.2) is 18.2 Å². The van der Waals surface area contributed by atoms with Crippen molar-refractivity contribution in [2.45, 2.75) is 51.5 Å². The first-order valence-electron chi connectivity index (χ1n) is 6.90. The van der Waals surface area contributed by atoms with E-state index in [1.54, 1.807) is 0 Å². The monoisotopic (exact) mass is 288 g/mol. The third kappa shape index (κ3) is 3.88. The van der Waals surface area contributed by atoms with Gasteiger partial charge in [0, 0.05) is 0 Å². The van der Waals surface area contributed by atoms with Gasteiger partial charge in [0.1, 0.15) is 5.75 Å². The fraction of sp³-hybridized carbons (Fsp3) is 0.600. The van der Waals surface area contributed by atoms with Gasteiger partial charge in [-0.1, -0.05) is 6.92 Å². The van der Waals surface area contributed by atoms with Gasteiger partial charge < -0.3 is 9.47 Å². The molecular weight excluding hydrogens is 269 g/mol. The Morgan fingerprint density at radius 3 is 2.55 bits per heavy atom. The number of rotatable bonds is 6. The summed E-state index contributed by atoms with van der Waals surface area (Å²) in [5.74, 6) is 0.549. The van der Waals surface area contributed by atoms with Gasteiger partial charge in [0.15, 0.2) is 0 Å². The van der Waals surface area contributed by atoms with Crippen LogP contribution in [0.2, 0.25) is 0 Å². The number of benzene rings is 1. The Hall–Kier alpha value is -1.23. The summed E-state index contributed by atoms with van der Waals surface area (Å²) in [6.07, 6.45) is -1.84. The lowest BCUT2D eigenvalue weighted by Gasteiger charge is -2.14. The first kappa shape index (κ1) is 15.2. The average molecular weight is 288 g/mol. The zero-order chi connectivity index (χ0) is 14.8. The summed E-state index contributed by atoms with van der Waals surface area (Å²) in [5.41, 5.74) is -0.0166. The lowest BCUT2D eigenvalue weighted by molar-refractivity contribution is -0.137. The molecule has 0 bridgehead atoms. The summed E-state index contributed by atoms with van der Waals surface area (Å²) >= 11 is 0. The van der Waals surface area contributed by atoms with Gasteiger partial charge in [0.2, 0.25) is 0 Å². The molecule has 0 aromatic heterocycles. The van der Waals surface area contributed by atoms with E-state index in [2.05, 4.69) is 0 Å². The van der Waals surface area contributed by atoms with Crippen LogP contribution >= 0.6 is 0 Å². The quantitative estimate of drug-likeness (QED) is 0.731. The number of ether oxygens (including phenoxy) is 2. The second kappa shape index (κ2) is 6.04. The highest BCUT2D eigenvalue weighted by molar-refractivity contribution is 5.38. The normalized spacial score (nSPS) is 21.9. The summed E-state index contributed by atoms with van der Waals surface area (Å²) in [7, 11) is 0. The summed E-state index contributed by atoms with van der Waals surface area (Å²) in [5, 5.41) is 0. The summed E-state index contributed by atoms with van der Waals surface area (Å²) in [4.78, 5) is 0. The maximum Gasteiger partial charge on any atom is 0.416 e. The molecule has 0 aliphatic carbocycles. The molecule has 1 aliphatic heterocycles. The minimum atomic E-state index is -4.32. The minimum absolute atomic E-state index is 0.170. The number of alkyl halides is 3. The van der Waals surface area contributed by atoms with Crippen LogP contribution in [0.4, 0.5) is 13.2 Å². The average Bonchev–Trinajstić information content (AvgIpc) is 3.09. The fourth-order valence-corrected chi connectivity index (χ4v) is 2.13. The van der Waals surface area contributed by atoms with Crippen molar-refractivity contribution in [3.05, 3.63) is 29.3 Å². The molecule has 1 aromatic carbocycles. The largest absolute Gasteiger partial charge is 0.493 e. The van der Waals surface area contributed by atoms with Gasteiger partial charge >= 0.3 is 6.18 Å². The van der Waals surface area contributed by atoms with E-state index in [9.17, 15) is 13.2 Å². The van der Waals surface area contributed by atoms with E-state index in [0.29, 0.717) is 24.3 Å². The maximum atomic E-state index is 12.8. The molecule has 0 saturated carbocycles. The fourth-order valence-electron chi connectivity index (χ4n) is 2.13. The molecule has 0 N–H and O–H groups in total. The third-order valence-electron chi connectivity index (χ3n) is 3.38. The molecule has 1 fully saturated rings. The zero-order valence-corrected chi connectivity index (χ0v) is 11.7. The number of aryl methyl sites for hydroxylation is 1. The first-order chi connectivity index (χ1) is 9.41. The molecule has 1 saturated heterocycles. The standard InChI is InChI=1S/C15H19F3O2/c1-3-8-19-14-7-5-12(15(16,17)18)9-11(14)4-6-13-10(2)20-13/h5,7,9-10,13H,3-4,6,8H2,1-2H3. The van der Waals surface area contributed by atoms with E-state index in [1.807, 2.05) is 13.8 Å². The van der Waals surface area contributed by atoms with Crippen molar-refractivity contribution < 1.29 is 22.6 Å². The van der Waals surface area contributed by atoms with E-state index in [1.165, 1.54) is 12.1 Å². The zero-order valence-electron chi connectivity index (χ0n) is 11.7. The first-order valence-corrected chi connectivity index (χ1v) is 6.90. The predicted octanol–water partition coefficient (Wildman–Crippen LogP) is 4.21. The van der Waals surface area contributed by atoms with Crippen molar-refractivity contribution in [3.8, 4) is 5.75 Å². The number of epoxide rings is 1. The van der Waals surface area contributed by atoms with Crippen LogP contribution in [-0.4, -0.2) is 18.8 Å². The molecule has 1 heterocycles. The molecule has 0 radical (unpaired) electrons. The van der Waals surface area contributed by atoms with E-state index in [-0.39, 0.29) is 12.2 Å². The van der Waals surface area contributed by atoms with Crippen LogP contribution in [0.5, 0.6) is 5.75 Å². The van der Waals surface area contributed by atoms with Crippen LogP contribution in [0, 0.1) is 0 Å². The molecule has 2 rings (SSSR count). The summed E-state index contributed by atoms with van der Waals surface area (Å²) in [6.45, 7) is 4.43. The molecule has 2 atom stereocenters. The van der Waals surface area contributed by atoms with Crippen LogP contribution < -0.4 is 4.74 Å². The SMILES string of the molecule is CCCOc1ccc(C(F)(F)F)cc1CCC1OC1C. The highest BCUT2D eigenvalue weighted by atomic mass is 19.4. The molecule has 0 spiro atoms. The van der Waals surface area contributed by atoms with Crippen LogP contribution in [0.1, 0.15) is 37.8 Å². The Balaban J connectivity index is 2.13. The Labute approximate surface area is 116 Å². The van der Waals surface area contributed by atoms with E-state index < -0.39 is 11.7 Å². The molecule has 1 aromatic rings. The summed E-state index contributed by atoms with van der Waals surface area (Å²) < 4.78 is 49.1. The van der Waals surface area contributed by atoms with Gasteiger partial charge in [0.25, 0.3) is 0 Å². The van der Waals surface area contributed by atoms with E-state index >= 15 is 0 Å². The second-order valence-corrected chi connectivity index (χ2v) is 5.09. The molecule has 1 aliphatic rings. The van der Waals surface area contributed by atoms with Gasteiger partial charge in [-0.2, -0.15) is 13.2 Å². The van der Waals surface area contributed by atoms with Crippen molar-refractivity contribution in [2.24, 2.45) is 0 Å². The van der Waals surface area contributed by atoms with E-state index in [4.69, 9.17) is 9.47 Å². The second-order valence-electron chi connectivity index (χ2n) is 5.09. The predicted molar refractivity (Wildman–Crippen MR) is 69.9 cm³/mol. The molecule has 2 nitrogen and oxygen atoms in total. The van der Waals surface area contributed by atoms with Crippen molar-refractivity contribution in [3.63, 3.8) is 0 Å². The third-order valence-corrected chi connectivity index (χ3v) is 3.38. The van der Waals surface area contributed by atoms with Gasteiger partial charge in [-0.05, 0) is 49.9 Å². The Bertz CT molecular complexity index is 457. The number of hydrogen-bond donors (Lipinski definition) is 0. The van der Waals surface area contributed by atoms with Gasteiger partial charge in [0.05, 0.1) is 24.4 Å². The Morgan fingerprint density at radius 1 is 1.30 bits per heavy atom. The Morgan fingerprint density at radius 2 is 2.00 bits per heavy atom. The van der Waals surface area contributed by atoms with Crippen molar-refractivity contribution in [1.82, 2.24) is 0 Å². The minimum Gasteiger partial charge on any atom is -0.493 e. The summed E-state index contributed by atoms with van der Waals surface area (Å²) in [6, 6.07) is 3.69. The van der Waals surface area contributed by atoms with Crippen molar-refractivity contribution >= 4 is 0 Å². The lowest BCUT2D eigenvalue weighted by Crippen LogP contribution is -2.08. The highest BCUT2D eigenvalue weighted by Gasteiger charge is 2.34. The number of hydrogen-bond acceptors (Lipinski definition) is 2. The molecular formula is C15H19F3O2. The van der Waals surface area contributed by atoms with E-state index in [0.717, 1.165) is 18.9 Å². The van der Waals surface area contributed by atoms with Crippen molar-refractivity contribution in [1.29, 1.82) is 0 Å². The van der Waals surface area contributed by atoms with Gasteiger partial charge in [-0.3, -0.25) is 0 Å². The van der Waals surface area contributed by atoms with Crippen LogP contribution in [-0.2, 0) is 17.3 Å².